The molecule has 0 aliphatic rings. The van der Waals surface area contributed by atoms with Gasteiger partial charge >= 0.3 is 0 Å². The molecule has 0 spiro atoms. The number of nitrogen functional groups attached to an aromatic ring is 1. The maximum atomic E-state index is 10.0. The largest absolute Gasteiger partial charge is 0.397 e. The third-order valence-electron chi connectivity index (χ3n) is 1.40. The van der Waals surface area contributed by atoms with Crippen molar-refractivity contribution in [2.75, 3.05) is 11.1 Å². The Bertz CT molecular complexity index is 341. The van der Waals surface area contributed by atoms with Crippen LogP contribution in [0.1, 0.15) is 5.56 Å². The number of hydrogen-bond donors (Lipinski definition) is 2. The third kappa shape index (κ3) is 1.52. The summed E-state index contributed by atoms with van der Waals surface area (Å²) in [5.41, 5.74) is 6.89. The van der Waals surface area contributed by atoms with Crippen molar-refractivity contribution in [3.63, 3.8) is 0 Å². The lowest BCUT2D eigenvalue weighted by atomic mass is 10.2. The first-order chi connectivity index (χ1) is 5.77. The van der Waals surface area contributed by atoms with Gasteiger partial charge in [-0.15, -0.1) is 0 Å². The van der Waals surface area contributed by atoms with Crippen LogP contribution in [0.3, 0.4) is 0 Å². The summed E-state index contributed by atoms with van der Waals surface area (Å²) in [6.45, 7) is 0. The Morgan fingerprint density at radius 3 is 2.83 bits per heavy atom. The molecule has 0 atom stereocenters. The van der Waals surface area contributed by atoms with Crippen molar-refractivity contribution in [3.8, 4) is 6.07 Å². The summed E-state index contributed by atoms with van der Waals surface area (Å²) in [7, 11) is 0. The Morgan fingerprint density at radius 2 is 2.33 bits per heavy atom. The lowest BCUT2D eigenvalue weighted by Gasteiger charge is -2.02. The molecular weight excluding hydrogens is 154 g/mol. The number of hydrogen-bond acceptors (Lipinski definition) is 3. The number of carbonyl (C=O) groups is 1. The van der Waals surface area contributed by atoms with Crippen LogP contribution in [0.4, 0.5) is 11.4 Å². The van der Waals surface area contributed by atoms with Crippen molar-refractivity contribution in [2.45, 2.75) is 0 Å². The average Bonchev–Trinajstić information content (AvgIpc) is 2.09. The van der Waals surface area contributed by atoms with E-state index in [4.69, 9.17) is 11.0 Å². The fourth-order valence-corrected chi connectivity index (χ4v) is 0.827. The molecule has 0 bridgehead atoms. The summed E-state index contributed by atoms with van der Waals surface area (Å²) < 4.78 is 0. The van der Waals surface area contributed by atoms with Crippen molar-refractivity contribution < 1.29 is 4.79 Å². The van der Waals surface area contributed by atoms with E-state index < -0.39 is 0 Å². The number of nitrogens with zero attached hydrogens (tertiary/aromatic N) is 1. The van der Waals surface area contributed by atoms with Crippen LogP contribution in [0.5, 0.6) is 0 Å². The maximum Gasteiger partial charge on any atom is 0.211 e. The molecule has 60 valence electrons. The molecule has 0 saturated heterocycles. The van der Waals surface area contributed by atoms with E-state index in [1.165, 1.54) is 6.07 Å². The average molecular weight is 161 g/mol. The van der Waals surface area contributed by atoms with Gasteiger partial charge in [-0.3, -0.25) is 4.79 Å². The van der Waals surface area contributed by atoms with Crippen molar-refractivity contribution in [3.05, 3.63) is 23.8 Å². The molecule has 0 fully saturated rings. The van der Waals surface area contributed by atoms with Gasteiger partial charge < -0.3 is 11.1 Å². The van der Waals surface area contributed by atoms with Gasteiger partial charge in [0.2, 0.25) is 6.41 Å². The molecule has 0 radical (unpaired) electrons. The zero-order valence-corrected chi connectivity index (χ0v) is 6.24. The van der Waals surface area contributed by atoms with Crippen molar-refractivity contribution in [1.29, 1.82) is 5.26 Å². The zero-order valence-electron chi connectivity index (χ0n) is 6.24. The highest BCUT2D eigenvalue weighted by atomic mass is 16.1. The summed E-state index contributed by atoms with van der Waals surface area (Å²) in [6, 6.07) is 6.62. The van der Waals surface area contributed by atoms with Crippen LogP contribution >= 0.6 is 0 Å². The molecule has 1 rings (SSSR count). The Labute approximate surface area is 69.6 Å². The normalized spacial score (nSPS) is 8.58. The van der Waals surface area contributed by atoms with Crippen LogP contribution in [0.15, 0.2) is 18.2 Å². The molecule has 0 aliphatic carbocycles. The maximum absolute atomic E-state index is 10.0. The highest BCUT2D eigenvalue weighted by Gasteiger charge is 1.97. The lowest BCUT2D eigenvalue weighted by Crippen LogP contribution is -1.98. The first-order valence-corrected chi connectivity index (χ1v) is 3.27. The standard InChI is InChI=1S/C8H7N3O/c9-4-6-1-2-8(11-5-12)7(10)3-6/h1-3,5H,10H2,(H,11,12). The molecule has 4 heteroatoms. The molecule has 4 nitrogen and oxygen atoms in total. The van der Waals surface area contributed by atoms with E-state index in [9.17, 15) is 4.79 Å². The molecule has 3 N–H and O–H groups in total. The number of anilines is 2. The van der Waals surface area contributed by atoms with Crippen molar-refractivity contribution >= 4 is 17.8 Å². The van der Waals surface area contributed by atoms with Crippen LogP contribution in [0.2, 0.25) is 0 Å². The van der Waals surface area contributed by atoms with Crippen LogP contribution in [0, 0.1) is 11.3 Å². The molecule has 0 heterocycles. The molecular formula is C8H7N3O. The number of nitriles is 1. The van der Waals surface area contributed by atoms with Gasteiger partial charge in [0.05, 0.1) is 23.0 Å². The monoisotopic (exact) mass is 161 g/mol. The SMILES string of the molecule is N#Cc1ccc(NC=O)c(N)c1. The molecule has 12 heavy (non-hydrogen) atoms. The number of nitrogens with one attached hydrogen (secondary N) is 1. The second kappa shape index (κ2) is 3.39. The van der Waals surface area contributed by atoms with E-state index in [0.717, 1.165) is 0 Å². The second-order valence-electron chi connectivity index (χ2n) is 2.18. The molecule has 0 aliphatic heterocycles. The molecule has 1 aromatic rings. The van der Waals surface area contributed by atoms with Gasteiger partial charge in [0.25, 0.3) is 0 Å². The fourth-order valence-electron chi connectivity index (χ4n) is 0.827. The van der Waals surface area contributed by atoms with Gasteiger partial charge in [-0.05, 0) is 18.2 Å². The van der Waals surface area contributed by atoms with E-state index in [-0.39, 0.29) is 0 Å². The van der Waals surface area contributed by atoms with Gasteiger partial charge in [0, 0.05) is 0 Å². The number of nitrogens with two attached hydrogens (primary N) is 1. The Kier molecular flexibility index (Phi) is 2.29. The van der Waals surface area contributed by atoms with Crippen LogP contribution in [-0.4, -0.2) is 6.41 Å². The number of carbonyl (C=O) groups excluding carboxylic acids is 1. The van der Waals surface area contributed by atoms with Gasteiger partial charge in [0.1, 0.15) is 0 Å². The highest BCUT2D eigenvalue weighted by molar-refractivity contribution is 5.80. The Morgan fingerprint density at radius 1 is 1.58 bits per heavy atom. The summed E-state index contributed by atoms with van der Waals surface area (Å²) in [5, 5.41) is 10.9. The smallest absolute Gasteiger partial charge is 0.211 e. The van der Waals surface area contributed by atoms with Gasteiger partial charge in [-0.2, -0.15) is 5.26 Å². The molecule has 0 saturated carbocycles. The van der Waals surface area contributed by atoms with Gasteiger partial charge in [0.15, 0.2) is 0 Å². The minimum Gasteiger partial charge on any atom is -0.397 e. The molecule has 0 aromatic heterocycles. The van der Waals surface area contributed by atoms with Crippen LogP contribution in [0.25, 0.3) is 0 Å². The quantitative estimate of drug-likeness (QED) is 0.495. The minimum atomic E-state index is 0.390. The van der Waals surface area contributed by atoms with E-state index in [1.54, 1.807) is 12.1 Å². The Balaban J connectivity index is 3.04. The molecule has 1 aromatic carbocycles. The van der Waals surface area contributed by atoms with E-state index in [2.05, 4.69) is 5.32 Å². The number of amides is 1. The van der Waals surface area contributed by atoms with Crippen LogP contribution in [-0.2, 0) is 4.79 Å². The second-order valence-corrected chi connectivity index (χ2v) is 2.18. The lowest BCUT2D eigenvalue weighted by molar-refractivity contribution is -0.105. The van der Waals surface area contributed by atoms with Gasteiger partial charge in [-0.1, -0.05) is 0 Å². The number of rotatable bonds is 2. The minimum absolute atomic E-state index is 0.390. The summed E-state index contributed by atoms with van der Waals surface area (Å²) in [5.74, 6) is 0. The highest BCUT2D eigenvalue weighted by Crippen LogP contribution is 2.18. The van der Waals surface area contributed by atoms with Gasteiger partial charge in [-0.25, -0.2) is 0 Å². The topological polar surface area (TPSA) is 78.9 Å². The van der Waals surface area contributed by atoms with E-state index >= 15 is 0 Å². The predicted molar refractivity (Wildman–Crippen MR) is 45.3 cm³/mol. The third-order valence-corrected chi connectivity index (χ3v) is 1.40. The first-order valence-electron chi connectivity index (χ1n) is 3.27. The van der Waals surface area contributed by atoms with Crippen LogP contribution < -0.4 is 11.1 Å². The Hall–Kier alpha value is -2.02. The summed E-state index contributed by atoms with van der Waals surface area (Å²) in [4.78, 5) is 10.0. The van der Waals surface area contributed by atoms with Crippen molar-refractivity contribution in [2.24, 2.45) is 0 Å². The van der Waals surface area contributed by atoms with Crippen molar-refractivity contribution in [1.82, 2.24) is 0 Å². The number of benzene rings is 1. The molecule has 1 amide bonds. The summed E-state index contributed by atoms with van der Waals surface area (Å²) >= 11 is 0. The molecule has 0 unspecified atom stereocenters. The van der Waals surface area contributed by atoms with E-state index in [1.807, 2.05) is 6.07 Å². The predicted octanol–water partition coefficient (Wildman–Crippen LogP) is 0.709. The summed E-state index contributed by atoms with van der Waals surface area (Å²) in [6.07, 6.45) is 0.539. The van der Waals surface area contributed by atoms with E-state index in [0.29, 0.717) is 23.3 Å². The fraction of sp³-hybridized carbons (Fsp3) is 0. The first kappa shape index (κ1) is 8.08. The zero-order chi connectivity index (χ0) is 8.97.